The van der Waals surface area contributed by atoms with E-state index in [2.05, 4.69) is 83.1 Å². The molecule has 0 aliphatic rings. The first-order valence-corrected chi connectivity index (χ1v) is 21.2. The minimum absolute atomic E-state index is 0. The molecule has 0 bridgehead atoms. The Bertz CT molecular complexity index is 157. The van der Waals surface area contributed by atoms with Crippen molar-refractivity contribution in [2.45, 2.75) is 83.1 Å². The maximum absolute atomic E-state index is 2.31. The van der Waals surface area contributed by atoms with Crippen molar-refractivity contribution in [2.75, 3.05) is 73.9 Å². The Labute approximate surface area is 209 Å². The molecule has 0 aromatic rings. The van der Waals surface area contributed by atoms with Crippen LogP contribution in [-0.2, 0) is 21.1 Å². The van der Waals surface area contributed by atoms with Crippen molar-refractivity contribution in [1.82, 2.24) is 0 Å². The molecule has 0 saturated carbocycles. The summed E-state index contributed by atoms with van der Waals surface area (Å²) in [6, 6.07) is 0. The van der Waals surface area contributed by atoms with Crippen molar-refractivity contribution < 1.29 is 21.1 Å². The van der Waals surface area contributed by atoms with Gasteiger partial charge < -0.3 is 0 Å². The van der Waals surface area contributed by atoms with Gasteiger partial charge in [-0.3, -0.25) is 0 Å². The van der Waals surface area contributed by atoms with Crippen LogP contribution in [0.1, 0.15) is 83.1 Å². The van der Waals surface area contributed by atoms with Gasteiger partial charge in [-0.05, 0) is 115 Å². The second-order valence-electron chi connectivity index (χ2n) is 7.24. The fraction of sp³-hybridized carbons (Fsp3) is 1.00. The summed E-state index contributed by atoms with van der Waals surface area (Å²) in [6.45, 7) is 27.7. The molecule has 0 nitrogen and oxygen atoms in total. The van der Waals surface area contributed by atoms with E-state index in [-0.39, 0.29) is 52.8 Å². The predicted octanol–water partition coefficient (Wildman–Crippen LogP) is 9.04. The summed E-state index contributed by atoms with van der Waals surface area (Å²) in [5, 5.41) is 0. The fourth-order valence-corrected chi connectivity index (χ4v) is 9.00. The monoisotopic (exact) mass is 671 g/mol. The van der Waals surface area contributed by atoms with E-state index >= 15 is 0 Å². The summed E-state index contributed by atoms with van der Waals surface area (Å²) >= 11 is 0. The smallest absolute Gasteiger partial charge is 0.0313 e. The third-order valence-electron chi connectivity index (χ3n) is 6.00. The van der Waals surface area contributed by atoms with Gasteiger partial charge in [0.05, 0.1) is 73.9 Å². The van der Waals surface area contributed by atoms with Crippen LogP contribution in [0.25, 0.3) is 0 Å². The van der Waals surface area contributed by atoms with E-state index in [4.69, 9.17) is 0 Å². The third-order valence-corrected chi connectivity index (χ3v) is 18.0. The average molecular weight is 672 g/mol. The van der Waals surface area contributed by atoms with Gasteiger partial charge in [0.2, 0.25) is 0 Å². The van der Waals surface area contributed by atoms with Gasteiger partial charge in [0.1, 0.15) is 0 Å². The molecular weight excluding hydrogens is 607 g/mol. The summed E-state index contributed by atoms with van der Waals surface area (Å²) in [7, 11) is 0.549. The van der Waals surface area contributed by atoms with Crippen LogP contribution in [0.3, 0.4) is 0 Å². The van der Waals surface area contributed by atoms with Gasteiger partial charge in [0.15, 0.2) is 0 Å². The van der Waals surface area contributed by atoms with Gasteiger partial charge >= 0.3 is 0 Å². The molecule has 0 amide bonds. The number of hydrogen-bond acceptors (Lipinski definition) is 0. The second kappa shape index (κ2) is 37.7. The molecule has 0 heterocycles. The van der Waals surface area contributed by atoms with Gasteiger partial charge in [-0.2, -0.15) is 0 Å². The molecule has 29 heavy (non-hydrogen) atoms. The molecule has 0 saturated heterocycles. The third kappa shape index (κ3) is 35.2. The van der Waals surface area contributed by atoms with Crippen LogP contribution in [0.4, 0.5) is 0 Å². The zero-order valence-electron chi connectivity index (χ0n) is 22.8. The van der Waals surface area contributed by atoms with Crippen LogP contribution in [0.15, 0.2) is 0 Å². The molecule has 186 valence electrons. The zero-order valence-corrected chi connectivity index (χ0v) is 29.1. The predicted molar refractivity (Wildman–Crippen MR) is 160 cm³/mol. The van der Waals surface area contributed by atoms with Crippen molar-refractivity contribution in [1.29, 1.82) is 0 Å². The Balaban J connectivity index is -0.0000000873. The summed E-state index contributed by atoms with van der Waals surface area (Å²) < 4.78 is 0. The molecule has 5 heteroatoms. The molecule has 0 radical (unpaired) electrons. The van der Waals surface area contributed by atoms with Crippen molar-refractivity contribution in [3.8, 4) is 0 Å². The van der Waals surface area contributed by atoms with E-state index < -0.39 is 0 Å². The maximum Gasteiger partial charge on any atom is 0.0543 e. The molecule has 0 aliphatic carbocycles. The van der Waals surface area contributed by atoms with Crippen molar-refractivity contribution in [2.24, 2.45) is 0 Å². The molecule has 0 aliphatic heterocycles. The number of hydrogen-bond donors (Lipinski definition) is 0. The van der Waals surface area contributed by atoms with Crippen LogP contribution in [0.2, 0.25) is 0 Å². The van der Waals surface area contributed by atoms with Crippen LogP contribution in [0.5, 0.6) is 0 Å². The minimum atomic E-state index is 0. The fourth-order valence-electron chi connectivity index (χ4n) is 3.00. The van der Waals surface area contributed by atoms with E-state index in [1.807, 2.05) is 0 Å². The Morgan fingerprint density at radius 1 is 0.241 bits per heavy atom. The standard InChI is InChI=1S/4C6H15P.Pt/c4*1-4-7(5-2)6-3;/h4*4-6H2,1-3H3;/p+4. The van der Waals surface area contributed by atoms with Gasteiger partial charge in [-0.1, -0.05) is 0 Å². The molecule has 0 spiro atoms. The van der Waals surface area contributed by atoms with E-state index in [0.717, 1.165) is 0 Å². The summed E-state index contributed by atoms with van der Waals surface area (Å²) in [5.41, 5.74) is 0. The van der Waals surface area contributed by atoms with Gasteiger partial charge in [0.25, 0.3) is 0 Å². The first-order chi connectivity index (χ1) is 13.4. The van der Waals surface area contributed by atoms with Crippen LogP contribution < -0.4 is 0 Å². The quantitative estimate of drug-likeness (QED) is 0.182. The Kier molecular flexibility index (Phi) is 54.2. The molecule has 0 N–H and O–H groups in total. The van der Waals surface area contributed by atoms with E-state index in [9.17, 15) is 0 Å². The maximum atomic E-state index is 2.31. The zero-order chi connectivity index (χ0) is 22.8. The number of rotatable bonds is 12. The molecule has 0 rings (SSSR count). The van der Waals surface area contributed by atoms with Gasteiger partial charge in [0, 0.05) is 21.1 Å². The van der Waals surface area contributed by atoms with Crippen molar-refractivity contribution in [3.05, 3.63) is 0 Å². The first-order valence-electron chi connectivity index (χ1n) is 12.7. The molecular formula is C24H64P4Pt+4. The second-order valence-corrected chi connectivity index (χ2v) is 21.7. The van der Waals surface area contributed by atoms with E-state index in [0.29, 0.717) is 0 Å². The van der Waals surface area contributed by atoms with E-state index in [1.165, 1.54) is 73.9 Å². The molecule has 0 atom stereocenters. The SMILES string of the molecule is CC[PH+](CC)CC.CC[PH+](CC)CC.CC[PH+](CC)CC.CC[PH+](CC)CC.[Pt]. The van der Waals surface area contributed by atoms with Crippen molar-refractivity contribution in [3.63, 3.8) is 0 Å². The Hall–Kier alpha value is 2.41. The average Bonchev–Trinajstić information content (AvgIpc) is 2.75. The van der Waals surface area contributed by atoms with Gasteiger partial charge in [-0.25, -0.2) is 0 Å². The van der Waals surface area contributed by atoms with E-state index in [1.54, 1.807) is 0 Å². The van der Waals surface area contributed by atoms with Gasteiger partial charge in [-0.15, -0.1) is 0 Å². The summed E-state index contributed by atoms with van der Waals surface area (Å²) in [4.78, 5) is 0. The normalized spacial score (nSPS) is 9.93. The minimum Gasteiger partial charge on any atom is -0.0313 e. The summed E-state index contributed by atoms with van der Waals surface area (Å²) in [6.07, 6.45) is 17.5. The largest absolute Gasteiger partial charge is 0.0543 e. The van der Waals surface area contributed by atoms with Crippen LogP contribution >= 0.6 is 31.7 Å². The first kappa shape index (κ1) is 41.6. The Morgan fingerprint density at radius 2 is 0.310 bits per heavy atom. The van der Waals surface area contributed by atoms with Crippen LogP contribution in [-0.4, -0.2) is 73.9 Å². The molecule has 0 aromatic carbocycles. The Morgan fingerprint density at radius 3 is 0.310 bits per heavy atom. The topological polar surface area (TPSA) is 0 Å². The van der Waals surface area contributed by atoms with Crippen molar-refractivity contribution >= 4 is 31.7 Å². The summed E-state index contributed by atoms with van der Waals surface area (Å²) in [5.74, 6) is 0. The molecule has 0 aromatic heterocycles. The van der Waals surface area contributed by atoms with Crippen LogP contribution in [0, 0.1) is 0 Å². The molecule has 0 fully saturated rings. The molecule has 0 unspecified atom stereocenters.